The number of hydrogen-bond acceptors (Lipinski definition) is 8. The molecule has 5 unspecified atom stereocenters. The molecular formula is C17H24N2O8. The van der Waals surface area contributed by atoms with E-state index in [1.807, 2.05) is 18.2 Å². The number of amides is 2. The summed E-state index contributed by atoms with van der Waals surface area (Å²) in [5.41, 5.74) is 0.801. The summed E-state index contributed by atoms with van der Waals surface area (Å²) >= 11 is 0. The van der Waals surface area contributed by atoms with E-state index in [4.69, 9.17) is 19.3 Å². The van der Waals surface area contributed by atoms with Crippen LogP contribution in [0.5, 0.6) is 0 Å². The van der Waals surface area contributed by atoms with Crippen molar-refractivity contribution >= 4 is 12.0 Å². The van der Waals surface area contributed by atoms with Crippen LogP contribution in [0.2, 0.25) is 0 Å². The molecule has 0 spiro atoms. The zero-order valence-corrected chi connectivity index (χ0v) is 14.8. The number of carbonyl (C=O) groups is 2. The molecule has 150 valence electrons. The first-order chi connectivity index (χ1) is 13.0. The van der Waals surface area contributed by atoms with Crippen LogP contribution < -0.4 is 10.6 Å². The number of ether oxygens (including phenoxy) is 3. The van der Waals surface area contributed by atoms with Gasteiger partial charge in [-0.2, -0.15) is 0 Å². The van der Waals surface area contributed by atoms with E-state index < -0.39 is 55.8 Å². The Morgan fingerprint density at radius 1 is 1.19 bits per heavy atom. The first kappa shape index (κ1) is 21.1. The Hall–Kier alpha value is -2.24. The first-order valence-electron chi connectivity index (χ1n) is 8.35. The molecule has 2 amide bonds. The number of carbonyl (C=O) groups excluding carboxylic acids is 2. The lowest BCUT2D eigenvalue weighted by atomic mass is 9.97. The molecule has 10 heteroatoms. The molecule has 0 radical (unpaired) electrons. The van der Waals surface area contributed by atoms with Gasteiger partial charge < -0.3 is 40.2 Å². The lowest BCUT2D eigenvalue weighted by Crippen LogP contribution is -2.65. The van der Waals surface area contributed by atoms with Crippen LogP contribution in [0.4, 0.5) is 4.79 Å². The molecule has 10 nitrogen and oxygen atoms in total. The third-order valence-corrected chi connectivity index (χ3v) is 4.05. The second kappa shape index (κ2) is 10.2. The standard InChI is InChI=1S/C17H24N2O8/c1-25-16-13(15(23)14(22)11(8-20)27-16)19-12(21)7-18-17(24)26-9-10-5-3-2-4-6-10/h2-6,11,13-16,20,22-23H,7-9H2,1H3,(H,18,24)(H,19,21). The van der Waals surface area contributed by atoms with Gasteiger partial charge in [0.2, 0.25) is 5.91 Å². The molecule has 1 aliphatic rings. The summed E-state index contributed by atoms with van der Waals surface area (Å²) in [5, 5.41) is 33.9. The van der Waals surface area contributed by atoms with Gasteiger partial charge in [0.15, 0.2) is 6.29 Å². The third-order valence-electron chi connectivity index (χ3n) is 4.05. The third kappa shape index (κ3) is 5.88. The van der Waals surface area contributed by atoms with Gasteiger partial charge in [0.1, 0.15) is 37.5 Å². The average molecular weight is 384 g/mol. The quantitative estimate of drug-likeness (QED) is 0.381. The molecule has 0 aromatic heterocycles. The smallest absolute Gasteiger partial charge is 0.407 e. The number of aliphatic hydroxyl groups excluding tert-OH is 3. The van der Waals surface area contributed by atoms with Gasteiger partial charge in [-0.15, -0.1) is 0 Å². The Morgan fingerprint density at radius 2 is 1.89 bits per heavy atom. The van der Waals surface area contributed by atoms with E-state index in [1.54, 1.807) is 12.1 Å². The normalized spacial score (nSPS) is 27.6. The van der Waals surface area contributed by atoms with E-state index in [0.717, 1.165) is 5.56 Å². The second-order valence-electron chi connectivity index (χ2n) is 5.95. The minimum absolute atomic E-state index is 0.0595. The van der Waals surface area contributed by atoms with Crippen molar-refractivity contribution in [1.29, 1.82) is 0 Å². The molecule has 1 aromatic carbocycles. The summed E-state index contributed by atoms with van der Waals surface area (Å²) < 4.78 is 15.3. The second-order valence-corrected chi connectivity index (χ2v) is 5.95. The molecule has 2 rings (SSSR count). The fraction of sp³-hybridized carbons (Fsp3) is 0.529. The minimum Gasteiger partial charge on any atom is -0.445 e. The number of hydrogen-bond donors (Lipinski definition) is 5. The molecule has 1 saturated heterocycles. The van der Waals surface area contributed by atoms with Gasteiger partial charge in [-0.25, -0.2) is 4.79 Å². The zero-order valence-electron chi connectivity index (χ0n) is 14.8. The van der Waals surface area contributed by atoms with Crippen LogP contribution in [0.1, 0.15) is 5.56 Å². The molecule has 27 heavy (non-hydrogen) atoms. The highest BCUT2D eigenvalue weighted by atomic mass is 16.7. The minimum atomic E-state index is -1.42. The summed E-state index contributed by atoms with van der Waals surface area (Å²) in [5.74, 6) is -0.643. The van der Waals surface area contributed by atoms with E-state index in [-0.39, 0.29) is 6.61 Å². The number of rotatable bonds is 7. The Morgan fingerprint density at radius 3 is 2.52 bits per heavy atom. The summed E-state index contributed by atoms with van der Waals surface area (Å²) in [7, 11) is 1.29. The fourth-order valence-corrected chi connectivity index (χ4v) is 2.60. The highest BCUT2D eigenvalue weighted by Crippen LogP contribution is 2.21. The van der Waals surface area contributed by atoms with Crippen LogP contribution in [0.3, 0.4) is 0 Å². The molecular weight excluding hydrogens is 360 g/mol. The Kier molecular flexibility index (Phi) is 7.95. The van der Waals surface area contributed by atoms with Crippen LogP contribution in [0.15, 0.2) is 30.3 Å². The van der Waals surface area contributed by atoms with Crippen molar-refractivity contribution in [3.8, 4) is 0 Å². The summed E-state index contributed by atoms with van der Waals surface area (Å²) in [6, 6.07) is 7.96. The van der Waals surface area contributed by atoms with E-state index in [1.165, 1.54) is 7.11 Å². The van der Waals surface area contributed by atoms with E-state index >= 15 is 0 Å². The van der Waals surface area contributed by atoms with Crippen molar-refractivity contribution < 1.29 is 39.1 Å². The maximum absolute atomic E-state index is 12.0. The molecule has 1 heterocycles. The Bertz CT molecular complexity index is 612. The average Bonchev–Trinajstić information content (AvgIpc) is 2.69. The van der Waals surface area contributed by atoms with Crippen LogP contribution in [0, 0.1) is 0 Å². The first-order valence-corrected chi connectivity index (χ1v) is 8.35. The van der Waals surface area contributed by atoms with Crippen molar-refractivity contribution in [1.82, 2.24) is 10.6 Å². The number of methoxy groups -OCH3 is 1. The van der Waals surface area contributed by atoms with Gasteiger partial charge in [0.25, 0.3) is 0 Å². The maximum atomic E-state index is 12.0. The summed E-state index contributed by atoms with van der Waals surface area (Å²) in [4.78, 5) is 23.7. The van der Waals surface area contributed by atoms with Crippen LogP contribution in [-0.2, 0) is 25.6 Å². The number of alkyl carbamates (subject to hydrolysis) is 1. The number of nitrogens with one attached hydrogen (secondary N) is 2. The van der Waals surface area contributed by atoms with Gasteiger partial charge in [0, 0.05) is 7.11 Å². The number of aliphatic hydroxyl groups is 3. The summed E-state index contributed by atoms with van der Waals surface area (Å²) in [6.45, 7) is -0.871. The van der Waals surface area contributed by atoms with E-state index in [0.29, 0.717) is 0 Å². The topological polar surface area (TPSA) is 147 Å². The number of benzene rings is 1. The molecule has 0 saturated carbocycles. The molecule has 0 aliphatic carbocycles. The van der Waals surface area contributed by atoms with Crippen LogP contribution in [0.25, 0.3) is 0 Å². The van der Waals surface area contributed by atoms with Crippen LogP contribution in [-0.4, -0.2) is 78.2 Å². The molecule has 1 fully saturated rings. The van der Waals surface area contributed by atoms with Gasteiger partial charge >= 0.3 is 6.09 Å². The van der Waals surface area contributed by atoms with Gasteiger partial charge in [-0.1, -0.05) is 30.3 Å². The predicted octanol–water partition coefficient (Wildman–Crippen LogP) is -1.52. The molecule has 5 N–H and O–H groups in total. The summed E-state index contributed by atoms with van der Waals surface area (Å²) in [6.07, 6.45) is -5.72. The Labute approximate surface area is 156 Å². The zero-order chi connectivity index (χ0) is 19.8. The predicted molar refractivity (Wildman–Crippen MR) is 91.3 cm³/mol. The Balaban J connectivity index is 1.79. The van der Waals surface area contributed by atoms with Crippen molar-refractivity contribution in [2.75, 3.05) is 20.3 Å². The SMILES string of the molecule is COC1OC(CO)C(O)C(O)C1NC(=O)CNC(=O)OCc1ccccc1. The van der Waals surface area contributed by atoms with Crippen molar-refractivity contribution in [3.63, 3.8) is 0 Å². The van der Waals surface area contributed by atoms with Crippen LogP contribution >= 0.6 is 0 Å². The van der Waals surface area contributed by atoms with E-state index in [9.17, 15) is 19.8 Å². The highest BCUT2D eigenvalue weighted by molar-refractivity contribution is 5.82. The molecule has 1 aromatic rings. The molecule has 1 aliphatic heterocycles. The fourth-order valence-electron chi connectivity index (χ4n) is 2.60. The molecule has 0 bridgehead atoms. The lowest BCUT2D eigenvalue weighted by molar-refractivity contribution is -0.262. The van der Waals surface area contributed by atoms with Gasteiger partial charge in [0.05, 0.1) is 6.61 Å². The monoisotopic (exact) mass is 384 g/mol. The van der Waals surface area contributed by atoms with Crippen molar-refractivity contribution in [2.45, 2.75) is 37.3 Å². The van der Waals surface area contributed by atoms with E-state index in [2.05, 4.69) is 10.6 Å². The van der Waals surface area contributed by atoms with Crippen molar-refractivity contribution in [3.05, 3.63) is 35.9 Å². The van der Waals surface area contributed by atoms with Gasteiger partial charge in [-0.05, 0) is 5.56 Å². The van der Waals surface area contributed by atoms with Crippen molar-refractivity contribution in [2.24, 2.45) is 0 Å². The van der Waals surface area contributed by atoms with Gasteiger partial charge in [-0.3, -0.25) is 4.79 Å². The maximum Gasteiger partial charge on any atom is 0.407 e. The highest BCUT2D eigenvalue weighted by Gasteiger charge is 2.45. The largest absolute Gasteiger partial charge is 0.445 e. The molecule has 5 atom stereocenters. The lowest BCUT2D eigenvalue weighted by Gasteiger charge is -2.41.